The van der Waals surface area contributed by atoms with Crippen molar-refractivity contribution in [1.29, 1.82) is 0 Å². The molecule has 1 heterocycles. The summed E-state index contributed by atoms with van der Waals surface area (Å²) in [4.78, 5) is 16.7. The fourth-order valence-electron chi connectivity index (χ4n) is 2.61. The van der Waals surface area contributed by atoms with Gasteiger partial charge in [0.25, 0.3) is 0 Å². The van der Waals surface area contributed by atoms with Crippen LogP contribution in [0.25, 0.3) is 0 Å². The first-order chi connectivity index (χ1) is 12.0. The normalized spacial score (nSPS) is 10.4. The first-order valence-corrected chi connectivity index (χ1v) is 8.40. The van der Waals surface area contributed by atoms with E-state index in [-0.39, 0.29) is 43.1 Å². The van der Waals surface area contributed by atoms with Crippen molar-refractivity contribution in [3.63, 3.8) is 0 Å². The van der Waals surface area contributed by atoms with Gasteiger partial charge in [0.05, 0.1) is 5.41 Å². The molecule has 0 unspecified atom stereocenters. The Morgan fingerprint density at radius 1 is 1.22 bits per heavy atom. The molecule has 2 rings (SSSR count). The van der Waals surface area contributed by atoms with Crippen molar-refractivity contribution in [3.05, 3.63) is 54.0 Å². The summed E-state index contributed by atoms with van der Waals surface area (Å²) in [7, 11) is 0. The number of rotatable bonds is 8. The Hall–Kier alpha value is -1.89. The van der Waals surface area contributed by atoms with Gasteiger partial charge in [0, 0.05) is 30.9 Å². The number of nitrogens with two attached hydrogens (primary N) is 1. The molecule has 5 nitrogen and oxygen atoms in total. The SMILES string of the molecule is CCC(CC)(CN)C(=O)NCc1cccnc1Oc1cccc(F)c1.Cl.Cl. The zero-order valence-electron chi connectivity index (χ0n) is 15.4. The van der Waals surface area contributed by atoms with Gasteiger partial charge in [-0.25, -0.2) is 9.37 Å². The van der Waals surface area contributed by atoms with E-state index in [0.29, 0.717) is 36.6 Å². The van der Waals surface area contributed by atoms with Crippen LogP contribution in [0, 0.1) is 11.2 Å². The maximum absolute atomic E-state index is 13.3. The van der Waals surface area contributed by atoms with Gasteiger partial charge in [-0.05, 0) is 31.0 Å². The highest BCUT2D eigenvalue weighted by Gasteiger charge is 2.33. The lowest BCUT2D eigenvalue weighted by molar-refractivity contribution is -0.131. The van der Waals surface area contributed by atoms with E-state index in [0.717, 1.165) is 0 Å². The van der Waals surface area contributed by atoms with E-state index >= 15 is 0 Å². The van der Waals surface area contributed by atoms with Gasteiger partial charge < -0.3 is 15.8 Å². The van der Waals surface area contributed by atoms with Crippen LogP contribution in [0.2, 0.25) is 0 Å². The molecule has 2 aromatic rings. The van der Waals surface area contributed by atoms with Gasteiger partial charge in [0.1, 0.15) is 11.6 Å². The molecular formula is C19H26Cl2FN3O2. The summed E-state index contributed by atoms with van der Waals surface area (Å²) in [5.41, 5.74) is 5.95. The first kappa shape index (κ1) is 25.1. The Morgan fingerprint density at radius 3 is 2.52 bits per heavy atom. The molecule has 1 aromatic heterocycles. The quantitative estimate of drug-likeness (QED) is 0.673. The molecule has 0 aliphatic carbocycles. The van der Waals surface area contributed by atoms with Gasteiger partial charge >= 0.3 is 0 Å². The molecule has 0 radical (unpaired) electrons. The lowest BCUT2D eigenvalue weighted by Gasteiger charge is -2.28. The molecule has 0 saturated heterocycles. The van der Waals surface area contributed by atoms with Crippen LogP contribution in [0.5, 0.6) is 11.6 Å². The average Bonchev–Trinajstić information content (AvgIpc) is 2.63. The van der Waals surface area contributed by atoms with E-state index in [4.69, 9.17) is 10.5 Å². The Morgan fingerprint density at radius 2 is 1.93 bits per heavy atom. The van der Waals surface area contributed by atoms with Crippen LogP contribution in [0.3, 0.4) is 0 Å². The number of amides is 1. The fraction of sp³-hybridized carbons (Fsp3) is 0.368. The minimum atomic E-state index is -0.564. The molecule has 0 aliphatic rings. The number of carbonyl (C=O) groups is 1. The Labute approximate surface area is 171 Å². The molecule has 0 bridgehead atoms. The first-order valence-electron chi connectivity index (χ1n) is 8.40. The second kappa shape index (κ2) is 11.7. The van der Waals surface area contributed by atoms with Crippen molar-refractivity contribution >= 4 is 30.7 Å². The van der Waals surface area contributed by atoms with Gasteiger partial charge in [-0.1, -0.05) is 26.0 Å². The highest BCUT2D eigenvalue weighted by atomic mass is 35.5. The van der Waals surface area contributed by atoms with E-state index in [1.807, 2.05) is 19.9 Å². The summed E-state index contributed by atoms with van der Waals surface area (Å²) in [6.45, 7) is 4.47. The molecule has 27 heavy (non-hydrogen) atoms. The summed E-state index contributed by atoms with van der Waals surface area (Å²) in [5.74, 6) is 0.215. The van der Waals surface area contributed by atoms with Gasteiger partial charge in [-0.15, -0.1) is 24.8 Å². The summed E-state index contributed by atoms with van der Waals surface area (Å²) >= 11 is 0. The standard InChI is InChI=1S/C19H24FN3O2.2ClH/c1-3-19(4-2,13-21)18(24)23-12-14-7-6-10-22-17(14)25-16-9-5-8-15(20)11-16;;/h5-11H,3-4,12-13,21H2,1-2H3,(H,23,24);2*1H. The third-order valence-electron chi connectivity index (χ3n) is 4.53. The van der Waals surface area contributed by atoms with Crippen molar-refractivity contribution in [2.24, 2.45) is 11.1 Å². The second-order valence-electron chi connectivity index (χ2n) is 5.90. The molecule has 3 N–H and O–H groups in total. The maximum Gasteiger partial charge on any atom is 0.227 e. The molecular weight excluding hydrogens is 392 g/mol. The number of benzene rings is 1. The predicted molar refractivity (Wildman–Crippen MR) is 109 cm³/mol. The number of pyridine rings is 1. The molecule has 8 heteroatoms. The van der Waals surface area contributed by atoms with Gasteiger partial charge in [0.2, 0.25) is 11.8 Å². The minimum Gasteiger partial charge on any atom is -0.439 e. The van der Waals surface area contributed by atoms with Crippen molar-refractivity contribution in [2.75, 3.05) is 6.54 Å². The maximum atomic E-state index is 13.3. The average molecular weight is 418 g/mol. The molecule has 150 valence electrons. The van der Waals surface area contributed by atoms with Crippen molar-refractivity contribution in [3.8, 4) is 11.6 Å². The second-order valence-corrected chi connectivity index (χ2v) is 5.90. The lowest BCUT2D eigenvalue weighted by Crippen LogP contribution is -2.45. The Bertz CT molecular complexity index is 719. The molecule has 0 atom stereocenters. The number of hydrogen-bond acceptors (Lipinski definition) is 4. The van der Waals surface area contributed by atoms with E-state index in [1.54, 1.807) is 24.4 Å². The van der Waals surface area contributed by atoms with E-state index in [9.17, 15) is 9.18 Å². The van der Waals surface area contributed by atoms with E-state index < -0.39 is 5.41 Å². The number of carbonyl (C=O) groups excluding carboxylic acids is 1. The topological polar surface area (TPSA) is 77.2 Å². The smallest absolute Gasteiger partial charge is 0.227 e. The molecule has 0 aliphatic heterocycles. The molecule has 1 aromatic carbocycles. The zero-order valence-corrected chi connectivity index (χ0v) is 17.0. The Kier molecular flexibility index (Phi) is 10.9. The van der Waals surface area contributed by atoms with E-state index in [2.05, 4.69) is 10.3 Å². The predicted octanol–water partition coefficient (Wildman–Crippen LogP) is 4.24. The number of halogens is 3. The van der Waals surface area contributed by atoms with Gasteiger partial charge in [0.15, 0.2) is 0 Å². The van der Waals surface area contributed by atoms with Crippen LogP contribution in [0.1, 0.15) is 32.3 Å². The summed E-state index contributed by atoms with van der Waals surface area (Å²) in [6, 6.07) is 9.40. The molecule has 0 fully saturated rings. The van der Waals surface area contributed by atoms with Gasteiger partial charge in [-0.3, -0.25) is 4.79 Å². The van der Waals surface area contributed by atoms with Crippen LogP contribution in [0.15, 0.2) is 42.6 Å². The fourth-order valence-corrected chi connectivity index (χ4v) is 2.61. The van der Waals surface area contributed by atoms with Crippen LogP contribution in [0.4, 0.5) is 4.39 Å². The van der Waals surface area contributed by atoms with Gasteiger partial charge in [-0.2, -0.15) is 0 Å². The molecule has 0 saturated carbocycles. The molecule has 0 spiro atoms. The van der Waals surface area contributed by atoms with Crippen LogP contribution in [-0.2, 0) is 11.3 Å². The number of nitrogens with one attached hydrogen (secondary N) is 1. The number of hydrogen-bond donors (Lipinski definition) is 2. The number of nitrogens with zero attached hydrogens (tertiary/aromatic N) is 1. The third kappa shape index (κ3) is 6.34. The van der Waals surface area contributed by atoms with Crippen LogP contribution >= 0.6 is 24.8 Å². The van der Waals surface area contributed by atoms with Crippen LogP contribution in [-0.4, -0.2) is 17.4 Å². The van der Waals surface area contributed by atoms with Crippen molar-refractivity contribution in [2.45, 2.75) is 33.2 Å². The monoisotopic (exact) mass is 417 g/mol. The summed E-state index contributed by atoms with van der Waals surface area (Å²) < 4.78 is 19.0. The van der Waals surface area contributed by atoms with Crippen LogP contribution < -0.4 is 15.8 Å². The highest BCUT2D eigenvalue weighted by Crippen LogP contribution is 2.26. The third-order valence-corrected chi connectivity index (χ3v) is 4.53. The zero-order chi connectivity index (χ0) is 18.3. The highest BCUT2D eigenvalue weighted by molar-refractivity contribution is 5.85. The van der Waals surface area contributed by atoms with E-state index in [1.165, 1.54) is 12.1 Å². The lowest BCUT2D eigenvalue weighted by atomic mass is 9.81. The Balaban J connectivity index is 0.00000338. The summed E-state index contributed by atoms with van der Waals surface area (Å²) in [5, 5.41) is 2.92. The largest absolute Gasteiger partial charge is 0.439 e. The van der Waals surface area contributed by atoms with Crippen molar-refractivity contribution < 1.29 is 13.9 Å². The number of ether oxygens (including phenoxy) is 1. The molecule has 1 amide bonds. The summed E-state index contributed by atoms with van der Waals surface area (Å²) in [6.07, 6.45) is 2.93. The minimum absolute atomic E-state index is 0. The van der Waals surface area contributed by atoms with Crippen molar-refractivity contribution in [1.82, 2.24) is 10.3 Å². The number of aromatic nitrogens is 1.